The molecule has 3 N–H and O–H groups in total. The predicted octanol–water partition coefficient (Wildman–Crippen LogP) is 2.53. The molecule has 6 heteroatoms. The van der Waals surface area contributed by atoms with Gasteiger partial charge in [-0.15, -0.1) is 0 Å². The summed E-state index contributed by atoms with van der Waals surface area (Å²) in [7, 11) is 0. The van der Waals surface area contributed by atoms with Gasteiger partial charge in [-0.2, -0.15) is 0 Å². The van der Waals surface area contributed by atoms with Gasteiger partial charge in [0, 0.05) is 6.54 Å². The molecule has 0 fully saturated rings. The fourth-order valence-electron chi connectivity index (χ4n) is 2.66. The maximum absolute atomic E-state index is 12.4. The van der Waals surface area contributed by atoms with Crippen LogP contribution >= 0.6 is 0 Å². The van der Waals surface area contributed by atoms with Gasteiger partial charge in [0.2, 0.25) is 11.8 Å². The van der Waals surface area contributed by atoms with Crippen LogP contribution in [0.2, 0.25) is 0 Å². The largest absolute Gasteiger partial charge is 0.478 e. The third-order valence-electron chi connectivity index (χ3n) is 4.10. The van der Waals surface area contributed by atoms with Crippen LogP contribution in [0.1, 0.15) is 41.3 Å². The van der Waals surface area contributed by atoms with E-state index in [1.165, 1.54) is 12.1 Å². The Morgan fingerprint density at radius 3 is 2.22 bits per heavy atom. The van der Waals surface area contributed by atoms with Crippen molar-refractivity contribution in [2.45, 2.75) is 38.8 Å². The standard InChI is InChI=1S/C21H24N2O4/c1-2-6-18(23-19(24)13-15-7-4-3-5-8-15)20(25)22-14-16-9-11-17(12-10-16)21(26)27/h3-5,7-12,18H,2,6,13-14H2,1H3,(H,22,25)(H,23,24)(H,26,27). The molecule has 2 amide bonds. The Hall–Kier alpha value is -3.15. The average molecular weight is 368 g/mol. The van der Waals surface area contributed by atoms with Gasteiger partial charge in [-0.1, -0.05) is 55.8 Å². The summed E-state index contributed by atoms with van der Waals surface area (Å²) < 4.78 is 0. The summed E-state index contributed by atoms with van der Waals surface area (Å²) in [5.74, 6) is -1.43. The number of aromatic carboxylic acids is 1. The minimum absolute atomic E-state index is 0.194. The van der Waals surface area contributed by atoms with Gasteiger partial charge in [-0.05, 0) is 29.7 Å². The highest BCUT2D eigenvalue weighted by atomic mass is 16.4. The van der Waals surface area contributed by atoms with E-state index in [1.54, 1.807) is 12.1 Å². The number of hydrogen-bond donors (Lipinski definition) is 3. The first-order valence-electron chi connectivity index (χ1n) is 8.92. The predicted molar refractivity (Wildman–Crippen MR) is 102 cm³/mol. The van der Waals surface area contributed by atoms with Crippen molar-refractivity contribution in [3.8, 4) is 0 Å². The van der Waals surface area contributed by atoms with Crippen LogP contribution < -0.4 is 10.6 Å². The van der Waals surface area contributed by atoms with E-state index in [0.29, 0.717) is 6.42 Å². The van der Waals surface area contributed by atoms with E-state index in [9.17, 15) is 14.4 Å². The maximum atomic E-state index is 12.4. The molecule has 6 nitrogen and oxygen atoms in total. The van der Waals surface area contributed by atoms with E-state index in [0.717, 1.165) is 17.5 Å². The number of amides is 2. The molecule has 0 saturated heterocycles. The molecule has 0 saturated carbocycles. The van der Waals surface area contributed by atoms with Crippen LogP contribution in [-0.4, -0.2) is 28.9 Å². The van der Waals surface area contributed by atoms with Crippen molar-refractivity contribution in [2.24, 2.45) is 0 Å². The highest BCUT2D eigenvalue weighted by Gasteiger charge is 2.19. The summed E-state index contributed by atoms with van der Waals surface area (Å²) in [6.45, 7) is 2.22. The van der Waals surface area contributed by atoms with Crippen molar-refractivity contribution in [1.29, 1.82) is 0 Å². The molecular formula is C21H24N2O4. The van der Waals surface area contributed by atoms with Crippen LogP contribution in [-0.2, 0) is 22.6 Å². The van der Waals surface area contributed by atoms with Crippen molar-refractivity contribution in [3.63, 3.8) is 0 Å². The second-order valence-corrected chi connectivity index (χ2v) is 6.29. The first kappa shape index (κ1) is 20.2. The van der Waals surface area contributed by atoms with Gasteiger partial charge in [0.25, 0.3) is 0 Å². The SMILES string of the molecule is CCCC(NC(=O)Cc1ccccc1)C(=O)NCc1ccc(C(=O)O)cc1. The molecular weight excluding hydrogens is 344 g/mol. The molecule has 0 heterocycles. The highest BCUT2D eigenvalue weighted by molar-refractivity contribution is 5.88. The number of hydrogen-bond acceptors (Lipinski definition) is 3. The zero-order chi connectivity index (χ0) is 19.6. The quantitative estimate of drug-likeness (QED) is 0.634. The Morgan fingerprint density at radius 1 is 0.963 bits per heavy atom. The Labute approximate surface area is 158 Å². The minimum Gasteiger partial charge on any atom is -0.478 e. The van der Waals surface area contributed by atoms with Crippen molar-refractivity contribution >= 4 is 17.8 Å². The number of benzene rings is 2. The summed E-state index contributed by atoms with van der Waals surface area (Å²) >= 11 is 0. The Bertz CT molecular complexity index is 773. The number of carboxylic acids is 1. The van der Waals surface area contributed by atoms with Crippen LogP contribution in [0.25, 0.3) is 0 Å². The summed E-state index contributed by atoms with van der Waals surface area (Å²) in [5.41, 5.74) is 1.88. The lowest BCUT2D eigenvalue weighted by Gasteiger charge is -2.18. The molecule has 0 aromatic heterocycles. The van der Waals surface area contributed by atoms with Crippen LogP contribution in [0.15, 0.2) is 54.6 Å². The molecule has 2 aromatic rings. The van der Waals surface area contributed by atoms with Gasteiger partial charge in [0.15, 0.2) is 0 Å². The minimum atomic E-state index is -0.991. The lowest BCUT2D eigenvalue weighted by Crippen LogP contribution is -2.46. The molecule has 0 radical (unpaired) electrons. The number of rotatable bonds is 9. The fourth-order valence-corrected chi connectivity index (χ4v) is 2.66. The van der Waals surface area contributed by atoms with Crippen LogP contribution in [0.3, 0.4) is 0 Å². The zero-order valence-electron chi connectivity index (χ0n) is 15.3. The van der Waals surface area contributed by atoms with Gasteiger partial charge in [0.1, 0.15) is 6.04 Å². The normalized spacial score (nSPS) is 11.4. The second-order valence-electron chi connectivity index (χ2n) is 6.29. The molecule has 1 atom stereocenters. The number of nitrogens with one attached hydrogen (secondary N) is 2. The van der Waals surface area contributed by atoms with E-state index >= 15 is 0 Å². The third-order valence-corrected chi connectivity index (χ3v) is 4.10. The molecule has 27 heavy (non-hydrogen) atoms. The first-order valence-corrected chi connectivity index (χ1v) is 8.92. The fraction of sp³-hybridized carbons (Fsp3) is 0.286. The number of carboxylic acid groups (broad SMARTS) is 1. The monoisotopic (exact) mass is 368 g/mol. The van der Waals surface area contributed by atoms with Crippen molar-refractivity contribution in [3.05, 3.63) is 71.3 Å². The molecule has 2 aromatic carbocycles. The topological polar surface area (TPSA) is 95.5 Å². The maximum Gasteiger partial charge on any atom is 0.335 e. The zero-order valence-corrected chi connectivity index (χ0v) is 15.3. The molecule has 142 valence electrons. The van der Waals surface area contributed by atoms with Gasteiger partial charge in [0.05, 0.1) is 12.0 Å². The van der Waals surface area contributed by atoms with Crippen LogP contribution in [0.5, 0.6) is 0 Å². The summed E-state index contributed by atoms with van der Waals surface area (Å²) in [6.07, 6.45) is 1.53. The van der Waals surface area contributed by atoms with Crippen LogP contribution in [0.4, 0.5) is 0 Å². The second kappa shape index (κ2) is 10.1. The first-order chi connectivity index (χ1) is 13.0. The van der Waals surface area contributed by atoms with E-state index in [2.05, 4.69) is 10.6 Å². The van der Waals surface area contributed by atoms with Gasteiger partial charge in [-0.3, -0.25) is 9.59 Å². The lowest BCUT2D eigenvalue weighted by molar-refractivity contribution is -0.129. The molecule has 0 spiro atoms. The van der Waals surface area contributed by atoms with Crippen LogP contribution in [0, 0.1) is 0 Å². The van der Waals surface area contributed by atoms with Crippen molar-refractivity contribution in [2.75, 3.05) is 0 Å². The van der Waals surface area contributed by atoms with E-state index < -0.39 is 12.0 Å². The average Bonchev–Trinajstić information content (AvgIpc) is 2.66. The molecule has 0 aliphatic heterocycles. The van der Waals surface area contributed by atoms with E-state index in [4.69, 9.17) is 5.11 Å². The Kier molecular flexibility index (Phi) is 7.55. The lowest BCUT2D eigenvalue weighted by atomic mass is 10.1. The summed E-state index contributed by atoms with van der Waals surface area (Å²) in [4.78, 5) is 35.5. The van der Waals surface area contributed by atoms with Gasteiger partial charge < -0.3 is 15.7 Å². The van der Waals surface area contributed by atoms with Gasteiger partial charge in [-0.25, -0.2) is 4.79 Å². The number of carbonyl (C=O) groups is 3. The summed E-state index contributed by atoms with van der Waals surface area (Å²) in [5, 5.41) is 14.5. The van der Waals surface area contributed by atoms with E-state index in [-0.39, 0.29) is 30.3 Å². The molecule has 0 aliphatic rings. The van der Waals surface area contributed by atoms with E-state index in [1.807, 2.05) is 37.3 Å². The highest BCUT2D eigenvalue weighted by Crippen LogP contribution is 2.06. The molecule has 2 rings (SSSR count). The molecule has 0 aliphatic carbocycles. The van der Waals surface area contributed by atoms with Crippen molar-refractivity contribution in [1.82, 2.24) is 10.6 Å². The Balaban J connectivity index is 1.89. The van der Waals surface area contributed by atoms with Crippen molar-refractivity contribution < 1.29 is 19.5 Å². The molecule has 1 unspecified atom stereocenters. The number of carbonyl (C=O) groups excluding carboxylic acids is 2. The molecule has 0 bridgehead atoms. The third kappa shape index (κ3) is 6.58. The smallest absolute Gasteiger partial charge is 0.335 e. The summed E-state index contributed by atoms with van der Waals surface area (Å²) in [6, 6.07) is 15.1. The van der Waals surface area contributed by atoms with Gasteiger partial charge >= 0.3 is 5.97 Å². The Morgan fingerprint density at radius 2 is 1.63 bits per heavy atom.